The number of nitrogens with two attached hydrogens (primary N) is 1. The van der Waals surface area contributed by atoms with Crippen LogP contribution < -0.4 is 5.73 Å². The Morgan fingerprint density at radius 2 is 2.00 bits per heavy atom. The van der Waals surface area contributed by atoms with E-state index in [1.807, 2.05) is 0 Å². The molecule has 1 unspecified atom stereocenters. The maximum absolute atomic E-state index is 11.7. The molecule has 0 radical (unpaired) electrons. The van der Waals surface area contributed by atoms with Crippen LogP contribution in [-0.4, -0.2) is 20.6 Å². The molecule has 0 heterocycles. The highest BCUT2D eigenvalue weighted by Crippen LogP contribution is 2.35. The number of carbonyl (C=O) groups excluding carboxylic acids is 1. The predicted octanol–water partition coefficient (Wildman–Crippen LogP) is 2.89. The number of carbonyl (C=O) groups is 1. The molecule has 1 atom stereocenters. The molecule has 2 rings (SSSR count). The van der Waals surface area contributed by atoms with E-state index < -0.39 is 15.8 Å². The van der Waals surface area contributed by atoms with E-state index in [1.165, 1.54) is 18.9 Å². The van der Waals surface area contributed by atoms with E-state index in [9.17, 15) is 13.2 Å². The van der Waals surface area contributed by atoms with Crippen LogP contribution in [0.5, 0.6) is 0 Å². The number of benzene rings is 1. The van der Waals surface area contributed by atoms with Gasteiger partial charge in [0.05, 0.1) is 15.8 Å². The molecule has 6 heteroatoms. The molecule has 0 aliphatic heterocycles. The minimum absolute atomic E-state index is 0.0806. The number of primary amides is 1. The van der Waals surface area contributed by atoms with Crippen LogP contribution >= 0.6 is 11.6 Å². The summed E-state index contributed by atoms with van der Waals surface area (Å²) >= 11 is 6.05. The maximum Gasteiger partial charge on any atom is 0.224 e. The van der Waals surface area contributed by atoms with Crippen molar-refractivity contribution in [2.75, 3.05) is 6.26 Å². The third-order valence-corrected chi connectivity index (χ3v) is 5.72. The number of hydrogen-bond acceptors (Lipinski definition) is 3. The van der Waals surface area contributed by atoms with Crippen molar-refractivity contribution in [3.8, 4) is 0 Å². The molecule has 1 amide bonds. The summed E-state index contributed by atoms with van der Waals surface area (Å²) in [6.07, 6.45) is 6.47. The van der Waals surface area contributed by atoms with Gasteiger partial charge in [-0.15, -0.1) is 0 Å². The summed E-state index contributed by atoms with van der Waals surface area (Å²) in [7, 11) is -3.37. The van der Waals surface area contributed by atoms with E-state index in [1.54, 1.807) is 12.1 Å². The second kappa shape index (κ2) is 6.36. The highest BCUT2D eigenvalue weighted by atomic mass is 35.5. The fourth-order valence-corrected chi connectivity index (χ4v) is 4.37. The predicted molar refractivity (Wildman–Crippen MR) is 83.1 cm³/mol. The lowest BCUT2D eigenvalue weighted by Gasteiger charge is -2.18. The Morgan fingerprint density at radius 1 is 1.38 bits per heavy atom. The van der Waals surface area contributed by atoms with Crippen molar-refractivity contribution in [1.82, 2.24) is 0 Å². The molecule has 1 aromatic rings. The quantitative estimate of drug-likeness (QED) is 0.902. The largest absolute Gasteiger partial charge is 0.369 e. The standard InChI is InChI=1S/C15H20ClNO3S/c1-21(19,20)14-7-6-11(9-13(14)16)12(15(17)18)8-10-4-2-3-5-10/h6-7,9-10,12H,2-5,8H2,1H3,(H2,17,18). The molecule has 116 valence electrons. The van der Waals surface area contributed by atoms with E-state index >= 15 is 0 Å². The Kier molecular flexibility index (Phi) is 4.94. The minimum atomic E-state index is -3.37. The van der Waals surface area contributed by atoms with Crippen molar-refractivity contribution < 1.29 is 13.2 Å². The van der Waals surface area contributed by atoms with E-state index in [4.69, 9.17) is 17.3 Å². The topological polar surface area (TPSA) is 77.2 Å². The maximum atomic E-state index is 11.7. The number of rotatable bonds is 5. The zero-order valence-electron chi connectivity index (χ0n) is 12.0. The molecule has 1 saturated carbocycles. The van der Waals surface area contributed by atoms with E-state index in [0.29, 0.717) is 17.9 Å². The minimum Gasteiger partial charge on any atom is -0.369 e. The highest BCUT2D eigenvalue weighted by molar-refractivity contribution is 7.90. The molecule has 0 spiro atoms. The van der Waals surface area contributed by atoms with Crippen molar-refractivity contribution in [2.24, 2.45) is 11.7 Å². The summed E-state index contributed by atoms with van der Waals surface area (Å²) in [5.74, 6) is -0.278. The average molecular weight is 330 g/mol. The van der Waals surface area contributed by atoms with Crippen LogP contribution in [0.25, 0.3) is 0 Å². The molecule has 21 heavy (non-hydrogen) atoms. The number of hydrogen-bond donors (Lipinski definition) is 1. The number of halogens is 1. The van der Waals surface area contributed by atoms with Gasteiger partial charge in [-0.3, -0.25) is 4.79 Å². The first-order valence-corrected chi connectivity index (χ1v) is 9.35. The van der Waals surface area contributed by atoms with Crippen LogP contribution in [0.4, 0.5) is 0 Å². The second-order valence-electron chi connectivity index (χ2n) is 5.80. The van der Waals surface area contributed by atoms with Gasteiger partial charge < -0.3 is 5.73 Å². The molecule has 1 aromatic carbocycles. The molecular weight excluding hydrogens is 310 g/mol. The van der Waals surface area contributed by atoms with Crippen LogP contribution in [0.15, 0.2) is 23.1 Å². The van der Waals surface area contributed by atoms with Crippen LogP contribution in [0, 0.1) is 5.92 Å². The van der Waals surface area contributed by atoms with Crippen molar-refractivity contribution in [3.05, 3.63) is 28.8 Å². The summed E-state index contributed by atoms with van der Waals surface area (Å²) < 4.78 is 23.1. The summed E-state index contributed by atoms with van der Waals surface area (Å²) in [5, 5.41) is 0.146. The van der Waals surface area contributed by atoms with Gasteiger partial charge in [0.1, 0.15) is 0 Å². The zero-order valence-corrected chi connectivity index (χ0v) is 13.6. The van der Waals surface area contributed by atoms with Gasteiger partial charge in [0, 0.05) is 6.26 Å². The summed E-state index contributed by atoms with van der Waals surface area (Å²) in [5.41, 5.74) is 6.22. The smallest absolute Gasteiger partial charge is 0.224 e. The van der Waals surface area contributed by atoms with Crippen LogP contribution in [0.2, 0.25) is 5.02 Å². The molecule has 1 fully saturated rings. The van der Waals surface area contributed by atoms with Gasteiger partial charge >= 0.3 is 0 Å². The van der Waals surface area contributed by atoms with Crippen molar-refractivity contribution in [1.29, 1.82) is 0 Å². The first-order chi connectivity index (χ1) is 9.79. The molecule has 0 aromatic heterocycles. The van der Waals surface area contributed by atoms with Gasteiger partial charge in [-0.25, -0.2) is 8.42 Å². The van der Waals surface area contributed by atoms with Gasteiger partial charge in [-0.2, -0.15) is 0 Å². The normalized spacial score (nSPS) is 17.8. The Balaban J connectivity index is 2.28. The van der Waals surface area contributed by atoms with E-state index in [2.05, 4.69) is 0 Å². The Bertz CT molecular complexity index is 636. The van der Waals surface area contributed by atoms with E-state index in [0.717, 1.165) is 19.1 Å². The monoisotopic (exact) mass is 329 g/mol. The first kappa shape index (κ1) is 16.3. The fourth-order valence-electron chi connectivity index (χ4n) is 3.03. The Morgan fingerprint density at radius 3 is 2.48 bits per heavy atom. The average Bonchev–Trinajstić information content (AvgIpc) is 2.86. The summed E-state index contributed by atoms with van der Waals surface area (Å²) in [6, 6.07) is 4.66. The third-order valence-electron chi connectivity index (χ3n) is 4.15. The van der Waals surface area contributed by atoms with Gasteiger partial charge in [0.15, 0.2) is 9.84 Å². The molecule has 4 nitrogen and oxygen atoms in total. The number of sulfone groups is 1. The Labute approximate surface area is 130 Å². The molecule has 1 aliphatic rings. The van der Waals surface area contributed by atoms with Gasteiger partial charge in [-0.05, 0) is 30.0 Å². The lowest BCUT2D eigenvalue weighted by atomic mass is 9.87. The second-order valence-corrected chi connectivity index (χ2v) is 8.19. The molecule has 0 bridgehead atoms. The van der Waals surface area contributed by atoms with Crippen LogP contribution in [0.3, 0.4) is 0 Å². The molecule has 2 N–H and O–H groups in total. The first-order valence-electron chi connectivity index (χ1n) is 7.08. The Hall–Kier alpha value is -1.07. The van der Waals surface area contributed by atoms with E-state index in [-0.39, 0.29) is 15.8 Å². The van der Waals surface area contributed by atoms with Crippen molar-refractivity contribution in [3.63, 3.8) is 0 Å². The highest BCUT2D eigenvalue weighted by Gasteiger charge is 2.26. The summed E-state index contributed by atoms with van der Waals surface area (Å²) in [4.78, 5) is 11.8. The lowest BCUT2D eigenvalue weighted by Crippen LogP contribution is -2.23. The van der Waals surface area contributed by atoms with Crippen LogP contribution in [0.1, 0.15) is 43.6 Å². The van der Waals surface area contributed by atoms with Gasteiger partial charge in [0.2, 0.25) is 5.91 Å². The third kappa shape index (κ3) is 3.98. The molecular formula is C15H20ClNO3S. The zero-order chi connectivity index (χ0) is 15.6. The summed E-state index contributed by atoms with van der Waals surface area (Å²) in [6.45, 7) is 0. The fraction of sp³-hybridized carbons (Fsp3) is 0.533. The number of amides is 1. The van der Waals surface area contributed by atoms with Crippen molar-refractivity contribution >= 4 is 27.3 Å². The van der Waals surface area contributed by atoms with Gasteiger partial charge in [-0.1, -0.05) is 43.4 Å². The lowest BCUT2D eigenvalue weighted by molar-refractivity contribution is -0.119. The van der Waals surface area contributed by atoms with Crippen LogP contribution in [-0.2, 0) is 14.6 Å². The van der Waals surface area contributed by atoms with Crippen molar-refractivity contribution in [2.45, 2.75) is 42.9 Å². The molecule has 0 saturated heterocycles. The SMILES string of the molecule is CS(=O)(=O)c1ccc(C(CC2CCCC2)C(N)=O)cc1Cl. The molecule has 1 aliphatic carbocycles. The van der Waals surface area contributed by atoms with Gasteiger partial charge in [0.25, 0.3) is 0 Å².